The fourth-order valence-corrected chi connectivity index (χ4v) is 0.919. The lowest BCUT2D eigenvalue weighted by molar-refractivity contribution is -0.134. The molecule has 0 saturated heterocycles. The van der Waals surface area contributed by atoms with Crippen LogP contribution in [-0.4, -0.2) is 27.4 Å². The molecule has 0 saturated carbocycles. The van der Waals surface area contributed by atoms with Crippen LogP contribution in [0.25, 0.3) is 0 Å². The molecule has 0 unspecified atom stereocenters. The van der Waals surface area contributed by atoms with Gasteiger partial charge in [0.1, 0.15) is 0 Å². The molecule has 2 nitrogen and oxygen atoms in total. The Bertz CT molecular complexity index is 205. The highest BCUT2D eigenvalue weighted by Gasteiger charge is 1.72. The minimum Gasteiger partial charge on any atom is -0.481 e. The summed E-state index contributed by atoms with van der Waals surface area (Å²) in [6.07, 6.45) is 0. The van der Waals surface area contributed by atoms with Crippen LogP contribution in [-0.2, 0) is 4.79 Å². The number of carboxylic acid groups (broad SMARTS) is 1. The SMILES string of the molecule is CC(=O)O.[AlH2][c]1ccccc1. The molecule has 11 heavy (non-hydrogen) atoms. The molecule has 1 aromatic rings. The lowest BCUT2D eigenvalue weighted by Gasteiger charge is -1.83. The highest BCUT2D eigenvalue weighted by molar-refractivity contribution is 6.32. The standard InChI is InChI=1S/C6H5.C2H4O2.Al.2H/c1-2-4-6-5-3-1;1-2(3)4;;;/h1-5H;1H3,(H,3,4);;;. The molecular weight excluding hydrogens is 155 g/mol. The van der Waals surface area contributed by atoms with Gasteiger partial charge in [-0.15, -0.1) is 4.43 Å². The second kappa shape index (κ2) is 5.97. The molecule has 3 heteroatoms. The van der Waals surface area contributed by atoms with Crippen molar-refractivity contribution in [3.05, 3.63) is 30.3 Å². The van der Waals surface area contributed by atoms with Crippen molar-refractivity contribution in [2.45, 2.75) is 6.92 Å². The van der Waals surface area contributed by atoms with Gasteiger partial charge >= 0.3 is 0 Å². The van der Waals surface area contributed by atoms with E-state index < -0.39 is 5.97 Å². The van der Waals surface area contributed by atoms with E-state index in [2.05, 4.69) is 24.3 Å². The highest BCUT2D eigenvalue weighted by Crippen LogP contribution is 1.76. The molecule has 0 atom stereocenters. The van der Waals surface area contributed by atoms with E-state index in [9.17, 15) is 0 Å². The number of carbonyl (C=O) groups is 1. The molecular formula is C8H11AlO2. The van der Waals surface area contributed by atoms with Crippen molar-refractivity contribution in [2.24, 2.45) is 0 Å². The predicted octanol–water partition coefficient (Wildman–Crippen LogP) is 0.0359. The topological polar surface area (TPSA) is 37.3 Å². The largest absolute Gasteiger partial charge is 0.481 e. The summed E-state index contributed by atoms with van der Waals surface area (Å²) in [5, 5.41) is 7.42. The van der Waals surface area contributed by atoms with Crippen molar-refractivity contribution in [3.8, 4) is 0 Å². The normalized spacial score (nSPS) is 7.73. The molecule has 1 rings (SSSR count). The van der Waals surface area contributed by atoms with Crippen molar-refractivity contribution >= 4 is 26.7 Å². The van der Waals surface area contributed by atoms with Crippen LogP contribution in [0, 0.1) is 0 Å². The van der Waals surface area contributed by atoms with Gasteiger partial charge in [0.2, 0.25) is 0 Å². The summed E-state index contributed by atoms with van der Waals surface area (Å²) >= 11 is 1.17. The molecule has 0 aliphatic rings. The summed E-state index contributed by atoms with van der Waals surface area (Å²) in [5.41, 5.74) is 0. The van der Waals surface area contributed by atoms with Gasteiger partial charge in [-0.2, -0.15) is 0 Å². The molecule has 0 aromatic heterocycles. The maximum atomic E-state index is 9.00. The smallest absolute Gasteiger partial charge is 0.300 e. The van der Waals surface area contributed by atoms with Gasteiger partial charge in [-0.25, -0.2) is 0 Å². The van der Waals surface area contributed by atoms with Gasteiger partial charge in [-0.3, -0.25) is 4.79 Å². The summed E-state index contributed by atoms with van der Waals surface area (Å²) in [7, 11) is 0. The molecule has 0 heterocycles. The van der Waals surface area contributed by atoms with E-state index in [-0.39, 0.29) is 0 Å². The highest BCUT2D eigenvalue weighted by atomic mass is 27.0. The van der Waals surface area contributed by atoms with E-state index in [1.165, 1.54) is 20.7 Å². The number of rotatable bonds is 0. The lowest BCUT2D eigenvalue weighted by Crippen LogP contribution is -1.97. The average Bonchev–Trinajstić information content (AvgIpc) is 1.87. The number of hydrogen-bond acceptors (Lipinski definition) is 1. The third-order valence-electron chi connectivity index (χ3n) is 0.940. The zero-order chi connectivity index (χ0) is 8.69. The van der Waals surface area contributed by atoms with E-state index in [1.807, 2.05) is 6.07 Å². The van der Waals surface area contributed by atoms with Gasteiger partial charge in [-0.05, 0) is 0 Å². The summed E-state index contributed by atoms with van der Waals surface area (Å²) in [5.74, 6) is -0.833. The van der Waals surface area contributed by atoms with Crippen molar-refractivity contribution in [1.29, 1.82) is 0 Å². The second-order valence-electron chi connectivity index (χ2n) is 2.17. The average molecular weight is 166 g/mol. The van der Waals surface area contributed by atoms with Gasteiger partial charge < -0.3 is 5.11 Å². The molecule has 0 radical (unpaired) electrons. The Morgan fingerprint density at radius 1 is 1.36 bits per heavy atom. The Labute approximate surface area is 74.3 Å². The van der Waals surface area contributed by atoms with E-state index in [1.54, 1.807) is 0 Å². The van der Waals surface area contributed by atoms with E-state index in [0.717, 1.165) is 6.92 Å². The molecule has 0 spiro atoms. The number of carboxylic acids is 1. The second-order valence-corrected chi connectivity index (χ2v) is 3.33. The fourth-order valence-electron chi connectivity index (χ4n) is 0.534. The Balaban J connectivity index is 0.000000218. The summed E-state index contributed by atoms with van der Waals surface area (Å²) in [6, 6.07) is 10.5. The first-order chi connectivity index (χ1) is 5.13. The van der Waals surface area contributed by atoms with E-state index >= 15 is 0 Å². The van der Waals surface area contributed by atoms with Crippen LogP contribution < -0.4 is 4.43 Å². The van der Waals surface area contributed by atoms with Gasteiger partial charge in [0.15, 0.2) is 0 Å². The molecule has 0 amide bonds. The summed E-state index contributed by atoms with van der Waals surface area (Å²) in [4.78, 5) is 9.00. The summed E-state index contributed by atoms with van der Waals surface area (Å²) in [6.45, 7) is 1.08. The number of aliphatic carboxylic acids is 1. The lowest BCUT2D eigenvalue weighted by atomic mass is 10.4. The van der Waals surface area contributed by atoms with E-state index in [4.69, 9.17) is 9.90 Å². The van der Waals surface area contributed by atoms with Gasteiger partial charge in [0.05, 0.1) is 0 Å². The summed E-state index contributed by atoms with van der Waals surface area (Å²) < 4.78 is 1.46. The van der Waals surface area contributed by atoms with Crippen molar-refractivity contribution in [3.63, 3.8) is 0 Å². The Morgan fingerprint density at radius 3 is 1.91 bits per heavy atom. The Hall–Kier alpha value is -0.778. The van der Waals surface area contributed by atoms with Crippen LogP contribution in [0.4, 0.5) is 0 Å². The molecule has 1 N–H and O–H groups in total. The van der Waals surface area contributed by atoms with Crippen LogP contribution in [0.3, 0.4) is 0 Å². The van der Waals surface area contributed by atoms with E-state index in [0.29, 0.717) is 0 Å². The molecule has 0 aliphatic carbocycles. The maximum Gasteiger partial charge on any atom is 0.300 e. The van der Waals surface area contributed by atoms with Gasteiger partial charge in [-0.1, -0.05) is 30.3 Å². The zero-order valence-corrected chi connectivity index (χ0v) is 8.74. The Kier molecular flexibility index (Phi) is 5.55. The zero-order valence-electron chi connectivity index (χ0n) is 6.74. The Morgan fingerprint density at radius 2 is 1.73 bits per heavy atom. The molecule has 1 aromatic carbocycles. The van der Waals surface area contributed by atoms with Gasteiger partial charge in [0.25, 0.3) is 22.3 Å². The third-order valence-corrected chi connectivity index (χ3v) is 1.61. The maximum absolute atomic E-state index is 9.00. The van der Waals surface area contributed by atoms with Crippen LogP contribution in [0.2, 0.25) is 0 Å². The van der Waals surface area contributed by atoms with Crippen molar-refractivity contribution < 1.29 is 9.90 Å². The van der Waals surface area contributed by atoms with Crippen LogP contribution in [0.1, 0.15) is 6.92 Å². The predicted molar refractivity (Wildman–Crippen MR) is 47.9 cm³/mol. The quantitative estimate of drug-likeness (QED) is 0.552. The van der Waals surface area contributed by atoms with Crippen LogP contribution in [0.15, 0.2) is 30.3 Å². The van der Waals surface area contributed by atoms with Gasteiger partial charge in [0, 0.05) is 6.92 Å². The van der Waals surface area contributed by atoms with Crippen molar-refractivity contribution in [2.75, 3.05) is 0 Å². The number of hydrogen-bond donors (Lipinski definition) is 1. The molecule has 0 aliphatic heterocycles. The minimum absolute atomic E-state index is 0.833. The van der Waals surface area contributed by atoms with Crippen LogP contribution in [0.5, 0.6) is 0 Å². The first-order valence-corrected chi connectivity index (χ1v) is 4.34. The fraction of sp³-hybridized carbons (Fsp3) is 0.125. The molecule has 0 fully saturated rings. The molecule has 58 valence electrons. The monoisotopic (exact) mass is 166 g/mol. The number of benzene rings is 1. The first-order valence-electron chi connectivity index (χ1n) is 3.34. The minimum atomic E-state index is -0.833. The van der Waals surface area contributed by atoms with Crippen LogP contribution >= 0.6 is 0 Å². The molecule has 0 bridgehead atoms. The first kappa shape index (κ1) is 10.2. The third kappa shape index (κ3) is 9.22. The van der Waals surface area contributed by atoms with Crippen molar-refractivity contribution in [1.82, 2.24) is 0 Å².